The number of hydrogen-bond acceptors (Lipinski definition) is 3. The number of pyridine rings is 1. The number of ether oxygens (including phenoxy) is 1. The minimum atomic E-state index is -0.335. The Bertz CT molecular complexity index is 1170. The van der Waals surface area contributed by atoms with Crippen molar-refractivity contribution in [3.05, 3.63) is 93.6 Å². The number of fused-ring (bicyclic) bond motifs is 2. The predicted molar refractivity (Wildman–Crippen MR) is 111 cm³/mol. The van der Waals surface area contributed by atoms with E-state index >= 15 is 0 Å². The monoisotopic (exact) mass is 371 g/mol. The minimum absolute atomic E-state index is 0.0222. The van der Waals surface area contributed by atoms with Crippen molar-refractivity contribution in [2.45, 2.75) is 27.0 Å². The van der Waals surface area contributed by atoms with Gasteiger partial charge in [-0.1, -0.05) is 53.6 Å². The van der Waals surface area contributed by atoms with Gasteiger partial charge in [-0.3, -0.25) is 9.59 Å². The largest absolute Gasteiger partial charge is 0.459 e. The zero-order chi connectivity index (χ0) is 19.7. The lowest BCUT2D eigenvalue weighted by atomic mass is 10.1. The molecule has 0 saturated carbocycles. The van der Waals surface area contributed by atoms with E-state index in [2.05, 4.69) is 6.07 Å². The van der Waals surface area contributed by atoms with E-state index in [0.29, 0.717) is 10.8 Å². The molecule has 0 amide bonds. The molecule has 0 saturated heterocycles. The van der Waals surface area contributed by atoms with Crippen LogP contribution < -0.4 is 5.43 Å². The van der Waals surface area contributed by atoms with E-state index in [1.165, 1.54) is 0 Å². The van der Waals surface area contributed by atoms with Gasteiger partial charge < -0.3 is 9.30 Å². The Hall–Kier alpha value is -3.40. The van der Waals surface area contributed by atoms with Gasteiger partial charge in [0.05, 0.1) is 11.0 Å². The summed E-state index contributed by atoms with van der Waals surface area (Å²) < 4.78 is 7.39. The standard InChI is InChI=1S/C24H21NO3/c1-16-11-17(2)13-18(12-16)15-28-23(26)14-25-21-9-5-3-7-19(21)24(27)20-8-4-6-10-22(20)25/h3-13H,14-15H2,1-2H3. The molecule has 0 radical (unpaired) electrons. The third-order valence-corrected chi connectivity index (χ3v) is 4.85. The second-order valence-electron chi connectivity index (χ2n) is 7.11. The van der Waals surface area contributed by atoms with Gasteiger partial charge in [-0.2, -0.15) is 0 Å². The lowest BCUT2D eigenvalue weighted by Gasteiger charge is -2.15. The summed E-state index contributed by atoms with van der Waals surface area (Å²) in [5, 5.41) is 1.20. The van der Waals surface area contributed by atoms with Crippen LogP contribution in [0.4, 0.5) is 0 Å². The molecule has 0 N–H and O–H groups in total. The number of aryl methyl sites for hydroxylation is 2. The maximum atomic E-state index is 12.8. The fourth-order valence-electron chi connectivity index (χ4n) is 3.74. The van der Waals surface area contributed by atoms with Gasteiger partial charge >= 0.3 is 5.97 Å². The van der Waals surface area contributed by atoms with Gasteiger partial charge in [0.1, 0.15) is 13.2 Å². The van der Waals surface area contributed by atoms with E-state index in [9.17, 15) is 9.59 Å². The summed E-state index contributed by atoms with van der Waals surface area (Å²) in [6.07, 6.45) is 0. The number of esters is 1. The topological polar surface area (TPSA) is 48.3 Å². The summed E-state index contributed by atoms with van der Waals surface area (Å²) in [6, 6.07) is 20.8. The molecule has 4 heteroatoms. The summed E-state index contributed by atoms with van der Waals surface area (Å²) in [7, 11) is 0. The molecule has 0 unspecified atom stereocenters. The molecular weight excluding hydrogens is 350 g/mol. The van der Waals surface area contributed by atoms with Crippen LogP contribution in [0.5, 0.6) is 0 Å². The van der Waals surface area contributed by atoms with Crippen LogP contribution in [0.25, 0.3) is 21.8 Å². The molecule has 0 fully saturated rings. The summed E-state index contributed by atoms with van der Waals surface area (Å²) in [5.74, 6) is -0.335. The van der Waals surface area contributed by atoms with Crippen LogP contribution in [-0.2, 0) is 22.7 Å². The summed E-state index contributed by atoms with van der Waals surface area (Å²) in [5.41, 5.74) is 4.70. The highest BCUT2D eigenvalue weighted by Gasteiger charge is 2.13. The summed E-state index contributed by atoms with van der Waals surface area (Å²) in [4.78, 5) is 25.4. The molecule has 4 rings (SSSR count). The molecule has 1 aromatic heterocycles. The first kappa shape index (κ1) is 18.0. The van der Waals surface area contributed by atoms with Crippen molar-refractivity contribution in [1.29, 1.82) is 0 Å². The molecule has 0 bridgehead atoms. The Morgan fingerprint density at radius 1 is 0.857 bits per heavy atom. The first-order chi connectivity index (χ1) is 13.5. The van der Waals surface area contributed by atoms with Crippen LogP contribution >= 0.6 is 0 Å². The van der Waals surface area contributed by atoms with Crippen LogP contribution in [0.3, 0.4) is 0 Å². The maximum absolute atomic E-state index is 12.8. The Labute approximate surface area is 163 Å². The highest BCUT2D eigenvalue weighted by molar-refractivity contribution is 5.94. The van der Waals surface area contributed by atoms with Crippen molar-refractivity contribution in [1.82, 2.24) is 4.57 Å². The molecule has 0 aliphatic heterocycles. The first-order valence-electron chi connectivity index (χ1n) is 9.26. The molecule has 3 aromatic carbocycles. The number of para-hydroxylation sites is 2. The summed E-state index contributed by atoms with van der Waals surface area (Å²) in [6.45, 7) is 4.33. The predicted octanol–water partition coefficient (Wildman–Crippen LogP) is 4.51. The fraction of sp³-hybridized carbons (Fsp3) is 0.167. The minimum Gasteiger partial charge on any atom is -0.459 e. The van der Waals surface area contributed by atoms with Gasteiger partial charge in [0, 0.05) is 10.8 Å². The normalized spacial score (nSPS) is 11.1. The van der Waals surface area contributed by atoms with E-state index < -0.39 is 0 Å². The first-order valence-corrected chi connectivity index (χ1v) is 9.26. The van der Waals surface area contributed by atoms with Gasteiger partial charge in [0.15, 0.2) is 5.43 Å². The van der Waals surface area contributed by atoms with Crippen LogP contribution in [0.1, 0.15) is 16.7 Å². The molecule has 28 heavy (non-hydrogen) atoms. The van der Waals surface area contributed by atoms with Crippen LogP contribution in [0.15, 0.2) is 71.5 Å². The molecule has 4 aromatic rings. The van der Waals surface area contributed by atoms with Gasteiger partial charge in [-0.05, 0) is 43.7 Å². The Kier molecular flexibility index (Phi) is 4.70. The molecule has 4 nitrogen and oxygen atoms in total. The van der Waals surface area contributed by atoms with Crippen LogP contribution in [0.2, 0.25) is 0 Å². The Morgan fingerprint density at radius 3 is 1.96 bits per heavy atom. The summed E-state index contributed by atoms with van der Waals surface area (Å²) >= 11 is 0. The second-order valence-corrected chi connectivity index (χ2v) is 7.11. The number of rotatable bonds is 4. The molecule has 1 heterocycles. The van der Waals surface area contributed by atoms with Gasteiger partial charge in [0.2, 0.25) is 0 Å². The van der Waals surface area contributed by atoms with Crippen molar-refractivity contribution in [2.24, 2.45) is 0 Å². The van der Waals surface area contributed by atoms with Crippen LogP contribution in [0, 0.1) is 13.8 Å². The quantitative estimate of drug-likeness (QED) is 0.392. The van der Waals surface area contributed by atoms with Crippen molar-refractivity contribution >= 4 is 27.8 Å². The number of benzene rings is 3. The van der Waals surface area contributed by atoms with E-state index in [0.717, 1.165) is 27.7 Å². The molecular formula is C24H21NO3. The van der Waals surface area contributed by atoms with Gasteiger partial charge in [-0.15, -0.1) is 0 Å². The lowest BCUT2D eigenvalue weighted by molar-refractivity contribution is -0.145. The zero-order valence-corrected chi connectivity index (χ0v) is 15.9. The lowest BCUT2D eigenvalue weighted by Crippen LogP contribution is -2.18. The molecule has 140 valence electrons. The number of aromatic nitrogens is 1. The van der Waals surface area contributed by atoms with Crippen molar-refractivity contribution in [2.75, 3.05) is 0 Å². The number of nitrogens with zero attached hydrogens (tertiary/aromatic N) is 1. The third-order valence-electron chi connectivity index (χ3n) is 4.85. The van der Waals surface area contributed by atoms with Gasteiger partial charge in [0.25, 0.3) is 0 Å². The number of hydrogen-bond donors (Lipinski definition) is 0. The average molecular weight is 371 g/mol. The zero-order valence-electron chi connectivity index (χ0n) is 15.9. The number of carbonyl (C=O) groups excluding carboxylic acids is 1. The molecule has 0 aliphatic carbocycles. The van der Waals surface area contributed by atoms with Gasteiger partial charge in [-0.25, -0.2) is 0 Å². The SMILES string of the molecule is Cc1cc(C)cc(COC(=O)Cn2c3ccccc3c(=O)c3ccccc32)c1. The van der Waals surface area contributed by atoms with E-state index in [-0.39, 0.29) is 24.5 Å². The highest BCUT2D eigenvalue weighted by atomic mass is 16.5. The molecule has 0 atom stereocenters. The van der Waals surface area contributed by atoms with E-state index in [4.69, 9.17) is 4.74 Å². The molecule has 0 aliphatic rings. The third kappa shape index (κ3) is 3.41. The van der Waals surface area contributed by atoms with E-state index in [1.54, 1.807) is 12.1 Å². The number of carbonyl (C=O) groups is 1. The molecule has 0 spiro atoms. The maximum Gasteiger partial charge on any atom is 0.326 e. The highest BCUT2D eigenvalue weighted by Crippen LogP contribution is 2.19. The second kappa shape index (κ2) is 7.31. The smallest absolute Gasteiger partial charge is 0.326 e. The van der Waals surface area contributed by atoms with Crippen molar-refractivity contribution < 1.29 is 9.53 Å². The van der Waals surface area contributed by atoms with Crippen molar-refractivity contribution in [3.8, 4) is 0 Å². The average Bonchev–Trinajstić information content (AvgIpc) is 2.69. The fourth-order valence-corrected chi connectivity index (χ4v) is 3.74. The Morgan fingerprint density at radius 2 is 1.39 bits per heavy atom. The van der Waals surface area contributed by atoms with Crippen LogP contribution in [-0.4, -0.2) is 10.5 Å². The van der Waals surface area contributed by atoms with E-state index in [1.807, 2.05) is 66.9 Å². The Balaban J connectivity index is 1.67. The van der Waals surface area contributed by atoms with Crippen molar-refractivity contribution in [3.63, 3.8) is 0 Å².